The van der Waals surface area contributed by atoms with Crippen LogP contribution in [0.4, 0.5) is 0 Å². The Balaban J connectivity index is 1.36. The van der Waals surface area contributed by atoms with E-state index in [0.29, 0.717) is 35.7 Å². The van der Waals surface area contributed by atoms with Crippen LogP contribution in [0.25, 0.3) is 66.4 Å². The highest BCUT2D eigenvalue weighted by molar-refractivity contribution is 7.00. The minimum atomic E-state index is -0.00342. The Morgan fingerprint density at radius 3 is 1.96 bits per heavy atom. The van der Waals surface area contributed by atoms with Gasteiger partial charge in [0.2, 0.25) is 0 Å². The predicted octanol–water partition coefficient (Wildman–Crippen LogP) is 5.64. The average molecular weight is 635 g/mol. The van der Waals surface area contributed by atoms with Crippen LogP contribution < -0.4 is 22.1 Å². The minimum Gasteiger partial charge on any atom is -0.383 e. The van der Waals surface area contributed by atoms with Crippen molar-refractivity contribution in [1.82, 2.24) is 24.1 Å². The summed E-state index contributed by atoms with van der Waals surface area (Å²) in [4.78, 5) is 23.4. The zero-order valence-corrected chi connectivity index (χ0v) is 27.7. The number of benzene rings is 5. The van der Waals surface area contributed by atoms with Crippen LogP contribution in [0.2, 0.25) is 0 Å². The summed E-state index contributed by atoms with van der Waals surface area (Å²) in [5.41, 5.74) is 19.6. The van der Waals surface area contributed by atoms with Gasteiger partial charge < -0.3 is 14.9 Å². The molecule has 0 spiro atoms. The van der Waals surface area contributed by atoms with Crippen LogP contribution in [0, 0.1) is 13.8 Å². The molecule has 0 saturated carbocycles. The third-order valence-corrected chi connectivity index (χ3v) is 10.2. The molecular formula is C40H31BN8. The van der Waals surface area contributed by atoms with E-state index in [1.807, 2.05) is 27.7 Å². The van der Waals surface area contributed by atoms with Gasteiger partial charge in [0, 0.05) is 50.6 Å². The average Bonchev–Trinajstić information content (AvgIpc) is 3.63. The smallest absolute Gasteiger partial charge is 0.252 e. The van der Waals surface area contributed by atoms with Crippen LogP contribution in [0.5, 0.6) is 0 Å². The van der Waals surface area contributed by atoms with Crippen LogP contribution in [0.15, 0.2) is 101 Å². The summed E-state index contributed by atoms with van der Waals surface area (Å²) in [6.07, 6.45) is 0. The normalized spacial score (nSPS) is 13.7. The van der Waals surface area contributed by atoms with Gasteiger partial charge in [0.1, 0.15) is 23.3 Å². The van der Waals surface area contributed by atoms with Crippen molar-refractivity contribution in [1.29, 1.82) is 0 Å². The first-order valence-corrected chi connectivity index (χ1v) is 16.8. The lowest BCUT2D eigenvalue weighted by molar-refractivity contribution is 0.929. The third kappa shape index (κ3) is 3.67. The van der Waals surface area contributed by atoms with Crippen molar-refractivity contribution in [3.05, 3.63) is 108 Å². The molecule has 2 N–H and O–H groups in total. The molecule has 0 fully saturated rings. The molecule has 2 aliphatic heterocycles. The quantitative estimate of drug-likeness (QED) is 0.155. The lowest BCUT2D eigenvalue weighted by atomic mass is 9.34. The van der Waals surface area contributed by atoms with E-state index in [0.717, 1.165) is 38.3 Å². The molecule has 0 saturated heterocycles. The van der Waals surface area contributed by atoms with Gasteiger partial charge in [0.25, 0.3) is 6.71 Å². The van der Waals surface area contributed by atoms with Gasteiger partial charge in [-0.2, -0.15) is 0 Å². The van der Waals surface area contributed by atoms with E-state index in [4.69, 9.17) is 20.7 Å². The Morgan fingerprint density at radius 1 is 0.714 bits per heavy atom. The van der Waals surface area contributed by atoms with Crippen LogP contribution >= 0.6 is 0 Å². The fourth-order valence-corrected chi connectivity index (χ4v) is 8.55. The van der Waals surface area contributed by atoms with E-state index in [-0.39, 0.29) is 6.71 Å². The number of fused-ring (bicyclic) bond motifs is 10. The highest BCUT2D eigenvalue weighted by atomic mass is 15.0. The zero-order valence-electron chi connectivity index (χ0n) is 27.7. The Hall–Kier alpha value is -6.09. The number of hydrogen-bond donors (Lipinski definition) is 1. The lowest BCUT2D eigenvalue weighted by Crippen LogP contribution is -2.59. The molecule has 0 atom stereocenters. The van der Waals surface area contributed by atoms with Crippen LogP contribution in [-0.4, -0.2) is 49.0 Å². The molecule has 0 amide bonds. The van der Waals surface area contributed by atoms with Crippen LogP contribution in [0.3, 0.4) is 0 Å². The second-order valence-corrected chi connectivity index (χ2v) is 13.0. The number of para-hydroxylation sites is 2. The summed E-state index contributed by atoms with van der Waals surface area (Å²) in [6.45, 7) is 8.43. The van der Waals surface area contributed by atoms with E-state index in [9.17, 15) is 0 Å². The monoisotopic (exact) mass is 634 g/mol. The summed E-state index contributed by atoms with van der Waals surface area (Å²) in [6, 6.07) is 33.0. The van der Waals surface area contributed by atoms with Gasteiger partial charge in [-0.3, -0.25) is 4.99 Å². The topological polar surface area (TPSA) is 99.3 Å². The van der Waals surface area contributed by atoms with Crippen molar-refractivity contribution in [2.45, 2.75) is 27.7 Å². The molecule has 10 rings (SSSR count). The standard InChI is InChI=1S/C40H31BN8/c1-5-43-21(2)45-39(42)26-17-19-28-37-34(26)24-11-6-8-13-30(24)48(37)32-15-10-16-33-36(32)41(28)29-20-18-27(40-46-22(3)44-23(4)47-40)35-25-12-7-9-14-31(25)49(33)38(29)35/h6-20H,5H2,1-4H3,(H2,42,43,45). The first kappa shape index (κ1) is 28.0. The summed E-state index contributed by atoms with van der Waals surface area (Å²) < 4.78 is 4.90. The molecule has 0 radical (unpaired) electrons. The summed E-state index contributed by atoms with van der Waals surface area (Å²) in [5, 5.41) is 4.61. The van der Waals surface area contributed by atoms with Crippen molar-refractivity contribution in [2.24, 2.45) is 15.7 Å². The van der Waals surface area contributed by atoms with Crippen molar-refractivity contribution < 1.29 is 0 Å². The summed E-state index contributed by atoms with van der Waals surface area (Å²) in [5.74, 6) is 3.28. The molecule has 5 aromatic carbocycles. The number of aromatic nitrogens is 5. The second kappa shape index (κ2) is 9.96. The molecule has 0 unspecified atom stereocenters. The summed E-state index contributed by atoms with van der Waals surface area (Å²) in [7, 11) is 0. The number of rotatable bonds is 3. The van der Waals surface area contributed by atoms with E-state index >= 15 is 0 Å². The molecule has 2 aliphatic rings. The Morgan fingerprint density at radius 2 is 1.31 bits per heavy atom. The number of aliphatic imine (C=N–C) groups is 2. The highest BCUT2D eigenvalue weighted by Crippen LogP contribution is 2.41. The van der Waals surface area contributed by atoms with Gasteiger partial charge in [-0.05, 0) is 68.3 Å². The maximum absolute atomic E-state index is 6.80. The fourth-order valence-electron chi connectivity index (χ4n) is 8.55. The van der Waals surface area contributed by atoms with Gasteiger partial charge in [-0.15, -0.1) is 0 Å². The van der Waals surface area contributed by atoms with Gasteiger partial charge in [0.05, 0.1) is 22.1 Å². The van der Waals surface area contributed by atoms with Crippen molar-refractivity contribution in [3.8, 4) is 22.8 Å². The number of amidine groups is 2. The Labute approximate surface area is 282 Å². The number of nitrogens with two attached hydrogens (primary N) is 1. The summed E-state index contributed by atoms with van der Waals surface area (Å²) >= 11 is 0. The minimum absolute atomic E-state index is 0.00342. The molecule has 49 heavy (non-hydrogen) atoms. The maximum Gasteiger partial charge on any atom is 0.252 e. The van der Waals surface area contributed by atoms with Crippen LogP contribution in [0.1, 0.15) is 31.1 Å². The fraction of sp³-hybridized carbons (Fsp3) is 0.125. The maximum atomic E-state index is 6.80. The largest absolute Gasteiger partial charge is 0.383 e. The van der Waals surface area contributed by atoms with E-state index in [1.54, 1.807) is 0 Å². The number of nitrogens with zero attached hydrogens (tertiary/aromatic N) is 7. The highest BCUT2D eigenvalue weighted by Gasteiger charge is 2.41. The molecule has 8 nitrogen and oxygen atoms in total. The predicted molar refractivity (Wildman–Crippen MR) is 202 cm³/mol. The Bertz CT molecular complexity index is 2800. The molecule has 8 aromatic rings. The van der Waals surface area contributed by atoms with Gasteiger partial charge in [0.15, 0.2) is 5.82 Å². The first-order chi connectivity index (χ1) is 23.9. The molecule has 0 aliphatic carbocycles. The van der Waals surface area contributed by atoms with Crippen molar-refractivity contribution in [3.63, 3.8) is 0 Å². The molecule has 3 aromatic heterocycles. The van der Waals surface area contributed by atoms with Gasteiger partial charge >= 0.3 is 0 Å². The van der Waals surface area contributed by atoms with Gasteiger partial charge in [-0.1, -0.05) is 66.7 Å². The molecular weight excluding hydrogens is 603 g/mol. The zero-order chi connectivity index (χ0) is 33.1. The van der Waals surface area contributed by atoms with E-state index in [1.165, 1.54) is 44.2 Å². The van der Waals surface area contributed by atoms with E-state index < -0.39 is 0 Å². The Kier molecular flexibility index (Phi) is 5.69. The van der Waals surface area contributed by atoms with Crippen molar-refractivity contribution >= 4 is 78.4 Å². The number of aryl methyl sites for hydroxylation is 2. The number of hydrogen-bond acceptors (Lipinski definition) is 4. The van der Waals surface area contributed by atoms with Crippen LogP contribution in [-0.2, 0) is 0 Å². The van der Waals surface area contributed by atoms with E-state index in [2.05, 4.69) is 110 Å². The van der Waals surface area contributed by atoms with Crippen molar-refractivity contribution in [2.75, 3.05) is 6.54 Å². The molecule has 234 valence electrons. The second-order valence-electron chi connectivity index (χ2n) is 13.0. The SMILES string of the molecule is CCN=C(C)N=C(N)c1ccc2c3c1c1ccccc1n3-c1cccc3c1B2c1ccc(-c2nc(C)nc(C)n2)c2c4ccccc4n-3c12. The first-order valence-electron chi connectivity index (χ1n) is 16.8. The lowest BCUT2D eigenvalue weighted by Gasteiger charge is -2.33. The molecule has 5 heterocycles. The third-order valence-electron chi connectivity index (χ3n) is 10.2. The molecule has 9 heteroatoms. The molecule has 0 bridgehead atoms. The van der Waals surface area contributed by atoms with Gasteiger partial charge in [-0.25, -0.2) is 19.9 Å².